The Labute approximate surface area is 167 Å². The predicted molar refractivity (Wildman–Crippen MR) is 103 cm³/mol. The van der Waals surface area contributed by atoms with E-state index in [1.165, 1.54) is 6.20 Å². The molecule has 3 aliphatic rings. The van der Waals surface area contributed by atoms with Crippen LogP contribution in [0.2, 0.25) is 0 Å². The summed E-state index contributed by atoms with van der Waals surface area (Å²) in [6.45, 7) is 6.51. The normalized spacial score (nSPS) is 26.1. The molecule has 11 heteroatoms. The number of nitrogens with one attached hydrogen (secondary N) is 1. The van der Waals surface area contributed by atoms with Gasteiger partial charge in [0.2, 0.25) is 5.95 Å². The number of aromatic nitrogens is 2. The van der Waals surface area contributed by atoms with E-state index in [9.17, 15) is 8.78 Å². The molecule has 3 N–H and O–H groups in total. The lowest BCUT2D eigenvalue weighted by Crippen LogP contribution is -2.54. The van der Waals surface area contributed by atoms with E-state index in [1.807, 2.05) is 0 Å². The Morgan fingerprint density at radius 3 is 2.69 bits per heavy atom. The van der Waals surface area contributed by atoms with Gasteiger partial charge < -0.3 is 25.4 Å². The minimum Gasteiger partial charge on any atom is -0.379 e. The van der Waals surface area contributed by atoms with Gasteiger partial charge in [0.25, 0.3) is 6.43 Å². The molecule has 0 spiro atoms. The number of aliphatic imine (C=N–C) groups is 1. The summed E-state index contributed by atoms with van der Waals surface area (Å²) < 4.78 is 38.2. The Hall–Kier alpha value is -2.37. The van der Waals surface area contributed by atoms with Crippen molar-refractivity contribution >= 4 is 17.5 Å². The van der Waals surface area contributed by atoms with Gasteiger partial charge in [-0.15, -0.1) is 0 Å². The molecule has 2 fully saturated rings. The van der Waals surface area contributed by atoms with Crippen molar-refractivity contribution in [2.24, 2.45) is 4.99 Å². The molecule has 0 aliphatic carbocycles. The molecule has 1 unspecified atom stereocenters. The van der Waals surface area contributed by atoms with Gasteiger partial charge in [0.1, 0.15) is 11.5 Å². The zero-order valence-electron chi connectivity index (χ0n) is 16.2. The summed E-state index contributed by atoms with van der Waals surface area (Å²) in [5.41, 5.74) is 5.87. The maximum absolute atomic E-state index is 13.6. The van der Waals surface area contributed by atoms with Crippen molar-refractivity contribution in [1.29, 1.82) is 0 Å². The fraction of sp³-hybridized carbons (Fsp3) is 0.611. The van der Waals surface area contributed by atoms with Crippen molar-refractivity contribution < 1.29 is 18.3 Å². The summed E-state index contributed by atoms with van der Waals surface area (Å²) in [6.07, 6.45) is -0.0546. The summed E-state index contributed by atoms with van der Waals surface area (Å²) in [6, 6.07) is 0.126. The molecule has 0 amide bonds. The molecular formula is C18H25F2N7O2. The standard InChI is InChI=1S/C18H25F2N7O2/c1-11-10-29-7-4-27(11)14-8-13(12-9-22-17(21)25-15(12)16(19)20)23-18(24-14)26-2-5-28-6-3-26/h8-9,11,16,18,23H,2-7,10H2,1H3,(H2,21,22,25)/t11-,18?/m0/s1. The highest BCUT2D eigenvalue weighted by Crippen LogP contribution is 2.28. The molecule has 0 radical (unpaired) electrons. The molecule has 1 aromatic rings. The van der Waals surface area contributed by atoms with Crippen LogP contribution in [0.15, 0.2) is 17.3 Å². The van der Waals surface area contributed by atoms with E-state index in [1.54, 1.807) is 6.08 Å². The molecule has 3 aliphatic heterocycles. The average molecular weight is 409 g/mol. The summed E-state index contributed by atoms with van der Waals surface area (Å²) in [5.74, 6) is 0.545. The van der Waals surface area contributed by atoms with Crippen LogP contribution in [0.4, 0.5) is 14.7 Å². The van der Waals surface area contributed by atoms with Gasteiger partial charge in [0.05, 0.1) is 38.2 Å². The fourth-order valence-corrected chi connectivity index (χ4v) is 3.66. The van der Waals surface area contributed by atoms with E-state index in [0.717, 1.165) is 5.84 Å². The highest BCUT2D eigenvalue weighted by atomic mass is 19.3. The summed E-state index contributed by atoms with van der Waals surface area (Å²) >= 11 is 0. The molecular weight excluding hydrogens is 384 g/mol. The van der Waals surface area contributed by atoms with Crippen molar-refractivity contribution in [1.82, 2.24) is 25.1 Å². The fourth-order valence-electron chi connectivity index (χ4n) is 3.66. The molecule has 0 bridgehead atoms. The number of nitrogens with zero attached hydrogens (tertiary/aromatic N) is 5. The molecule has 1 aromatic heterocycles. The molecule has 0 saturated carbocycles. The predicted octanol–water partition coefficient (Wildman–Crippen LogP) is 0.676. The topological polar surface area (TPSA) is 101 Å². The van der Waals surface area contributed by atoms with Crippen LogP contribution in [0.5, 0.6) is 0 Å². The van der Waals surface area contributed by atoms with Gasteiger partial charge in [0.15, 0.2) is 6.29 Å². The first kappa shape index (κ1) is 19.9. The van der Waals surface area contributed by atoms with E-state index in [4.69, 9.17) is 20.2 Å². The molecule has 2 atom stereocenters. The van der Waals surface area contributed by atoms with Crippen molar-refractivity contribution in [3.05, 3.63) is 23.5 Å². The Bertz CT molecular complexity index is 798. The molecule has 9 nitrogen and oxygen atoms in total. The van der Waals surface area contributed by atoms with Crippen molar-refractivity contribution in [2.45, 2.75) is 25.7 Å². The number of alkyl halides is 2. The molecule has 158 valence electrons. The lowest BCUT2D eigenvalue weighted by Gasteiger charge is -2.40. The number of halogens is 2. The molecule has 2 saturated heterocycles. The zero-order chi connectivity index (χ0) is 20.4. The minimum absolute atomic E-state index is 0.126. The second-order valence-corrected chi connectivity index (χ2v) is 7.16. The highest BCUT2D eigenvalue weighted by molar-refractivity contribution is 6.00. The van der Waals surface area contributed by atoms with Crippen LogP contribution in [0.1, 0.15) is 24.6 Å². The Kier molecular flexibility index (Phi) is 5.88. The number of nitrogen functional groups attached to an aromatic ring is 1. The third kappa shape index (κ3) is 4.31. The van der Waals surface area contributed by atoms with Gasteiger partial charge in [-0.25, -0.2) is 23.7 Å². The number of anilines is 1. The number of morpholine rings is 2. The van der Waals surface area contributed by atoms with Crippen molar-refractivity contribution in [3.8, 4) is 0 Å². The lowest BCUT2D eigenvalue weighted by molar-refractivity contribution is 0.0123. The van der Waals surface area contributed by atoms with Gasteiger partial charge in [-0.05, 0) is 6.92 Å². The number of nitrogens with two attached hydrogens (primary N) is 1. The first-order chi connectivity index (χ1) is 14.0. The van der Waals surface area contributed by atoms with E-state index < -0.39 is 18.4 Å². The monoisotopic (exact) mass is 409 g/mol. The van der Waals surface area contributed by atoms with Crippen LogP contribution < -0.4 is 11.1 Å². The van der Waals surface area contributed by atoms with Crippen LogP contribution in [-0.4, -0.2) is 84.0 Å². The number of rotatable bonds is 3. The third-order valence-corrected chi connectivity index (χ3v) is 5.20. The smallest absolute Gasteiger partial charge is 0.281 e. The summed E-state index contributed by atoms with van der Waals surface area (Å²) in [5, 5.41) is 3.27. The summed E-state index contributed by atoms with van der Waals surface area (Å²) in [7, 11) is 0. The average Bonchev–Trinajstić information content (AvgIpc) is 2.74. The molecule has 0 aromatic carbocycles. The number of hydrogen-bond donors (Lipinski definition) is 2. The second-order valence-electron chi connectivity index (χ2n) is 7.16. The Balaban J connectivity index is 1.72. The van der Waals surface area contributed by atoms with Crippen LogP contribution in [0.3, 0.4) is 0 Å². The summed E-state index contributed by atoms with van der Waals surface area (Å²) in [4.78, 5) is 16.8. The zero-order valence-corrected chi connectivity index (χ0v) is 16.2. The Morgan fingerprint density at radius 1 is 1.21 bits per heavy atom. The van der Waals surface area contributed by atoms with Gasteiger partial charge >= 0.3 is 0 Å². The van der Waals surface area contributed by atoms with Gasteiger partial charge in [-0.1, -0.05) is 0 Å². The number of ether oxygens (including phenoxy) is 2. The van der Waals surface area contributed by atoms with Crippen molar-refractivity contribution in [3.63, 3.8) is 0 Å². The van der Waals surface area contributed by atoms with E-state index in [-0.39, 0.29) is 17.6 Å². The maximum Gasteiger partial charge on any atom is 0.281 e. The minimum atomic E-state index is -2.77. The van der Waals surface area contributed by atoms with Gasteiger partial charge in [0, 0.05) is 37.5 Å². The molecule has 29 heavy (non-hydrogen) atoms. The van der Waals surface area contributed by atoms with Gasteiger partial charge in [-0.2, -0.15) is 0 Å². The third-order valence-electron chi connectivity index (χ3n) is 5.20. The quantitative estimate of drug-likeness (QED) is 0.752. The van der Waals surface area contributed by atoms with Crippen LogP contribution in [0, 0.1) is 0 Å². The first-order valence-corrected chi connectivity index (χ1v) is 9.66. The Morgan fingerprint density at radius 2 is 1.97 bits per heavy atom. The highest BCUT2D eigenvalue weighted by Gasteiger charge is 2.31. The number of hydrogen-bond acceptors (Lipinski definition) is 9. The van der Waals surface area contributed by atoms with E-state index in [2.05, 4.69) is 32.0 Å². The first-order valence-electron chi connectivity index (χ1n) is 9.66. The van der Waals surface area contributed by atoms with Crippen molar-refractivity contribution in [2.75, 3.05) is 51.8 Å². The van der Waals surface area contributed by atoms with Gasteiger partial charge in [-0.3, -0.25) is 4.90 Å². The SMILES string of the molecule is C[C@H]1COCCN1C1=NC(N2CCOCC2)NC(c2cnc(N)nc2C(F)F)=C1. The van der Waals surface area contributed by atoms with E-state index >= 15 is 0 Å². The van der Waals surface area contributed by atoms with E-state index in [0.29, 0.717) is 51.8 Å². The molecule has 4 heterocycles. The number of amidine groups is 1. The molecule has 4 rings (SSSR count). The lowest BCUT2D eigenvalue weighted by atomic mass is 10.1. The van der Waals surface area contributed by atoms with Crippen LogP contribution in [0.25, 0.3) is 5.70 Å². The van der Waals surface area contributed by atoms with Crippen LogP contribution >= 0.6 is 0 Å². The largest absolute Gasteiger partial charge is 0.379 e. The maximum atomic E-state index is 13.6. The van der Waals surface area contributed by atoms with Crippen LogP contribution in [-0.2, 0) is 9.47 Å². The second kappa shape index (κ2) is 8.56.